The number of rotatable bonds is 2. The quantitative estimate of drug-likeness (QED) is 0.777. The van der Waals surface area contributed by atoms with Gasteiger partial charge in [-0.2, -0.15) is 5.16 Å². The topological polar surface area (TPSA) is 92.1 Å². The Bertz CT molecular complexity index is 938. The average molecular weight is 324 g/mol. The minimum Gasteiger partial charge on any atom is -0.383 e. The third-order valence-corrected chi connectivity index (χ3v) is 4.44. The Kier molecular flexibility index (Phi) is 3.60. The SMILES string of the molecule is O=C(c1ccc2nccnc2c1)N1CCC(c2cc(=O)[nH]o2)CC1. The lowest BCUT2D eigenvalue weighted by molar-refractivity contribution is 0.0706. The summed E-state index contributed by atoms with van der Waals surface area (Å²) >= 11 is 0. The van der Waals surface area contributed by atoms with E-state index in [1.54, 1.807) is 24.5 Å². The van der Waals surface area contributed by atoms with Gasteiger partial charge in [-0.3, -0.25) is 19.6 Å². The predicted octanol–water partition coefficient (Wildman–Crippen LogP) is 1.93. The van der Waals surface area contributed by atoms with E-state index in [4.69, 9.17) is 4.52 Å². The second kappa shape index (κ2) is 5.92. The van der Waals surface area contributed by atoms with Gasteiger partial charge in [-0.25, -0.2) is 0 Å². The summed E-state index contributed by atoms with van der Waals surface area (Å²) in [6, 6.07) is 6.87. The summed E-state index contributed by atoms with van der Waals surface area (Å²) in [7, 11) is 0. The third kappa shape index (κ3) is 2.68. The zero-order valence-electron chi connectivity index (χ0n) is 12.9. The first-order chi connectivity index (χ1) is 11.7. The van der Waals surface area contributed by atoms with Gasteiger partial charge in [0.15, 0.2) is 0 Å². The molecule has 2 aromatic heterocycles. The average Bonchev–Trinajstić information content (AvgIpc) is 3.07. The number of amides is 1. The Morgan fingerprint density at radius 3 is 2.58 bits per heavy atom. The second-order valence-electron chi connectivity index (χ2n) is 5.94. The number of piperidine rings is 1. The van der Waals surface area contributed by atoms with Gasteiger partial charge >= 0.3 is 0 Å². The number of nitrogens with zero attached hydrogens (tertiary/aromatic N) is 3. The van der Waals surface area contributed by atoms with Crippen LogP contribution in [0.5, 0.6) is 0 Å². The molecule has 1 saturated heterocycles. The van der Waals surface area contributed by atoms with E-state index in [-0.39, 0.29) is 17.4 Å². The van der Waals surface area contributed by atoms with E-state index in [1.807, 2.05) is 11.0 Å². The largest absolute Gasteiger partial charge is 0.383 e. The molecule has 1 aliphatic heterocycles. The smallest absolute Gasteiger partial charge is 0.280 e. The maximum atomic E-state index is 12.7. The molecule has 0 radical (unpaired) electrons. The number of carbonyl (C=O) groups is 1. The van der Waals surface area contributed by atoms with E-state index < -0.39 is 0 Å². The molecule has 0 unspecified atom stereocenters. The van der Waals surface area contributed by atoms with Crippen LogP contribution in [0.25, 0.3) is 11.0 Å². The van der Waals surface area contributed by atoms with Crippen LogP contribution in [0.1, 0.15) is 34.9 Å². The van der Waals surface area contributed by atoms with Crippen molar-refractivity contribution < 1.29 is 9.32 Å². The minimum absolute atomic E-state index is 0.00322. The van der Waals surface area contributed by atoms with Crippen molar-refractivity contribution in [2.45, 2.75) is 18.8 Å². The zero-order valence-corrected chi connectivity index (χ0v) is 12.9. The van der Waals surface area contributed by atoms with E-state index in [9.17, 15) is 9.59 Å². The monoisotopic (exact) mass is 324 g/mol. The number of likely N-dealkylation sites (tertiary alicyclic amines) is 1. The second-order valence-corrected chi connectivity index (χ2v) is 5.94. The molecule has 0 bridgehead atoms. The highest BCUT2D eigenvalue weighted by atomic mass is 16.5. The Morgan fingerprint density at radius 2 is 1.88 bits per heavy atom. The lowest BCUT2D eigenvalue weighted by atomic mass is 9.94. The van der Waals surface area contributed by atoms with Gasteiger partial charge in [-0.1, -0.05) is 0 Å². The van der Waals surface area contributed by atoms with E-state index in [2.05, 4.69) is 15.1 Å². The van der Waals surface area contributed by atoms with E-state index in [0.29, 0.717) is 29.9 Å². The van der Waals surface area contributed by atoms with Crippen molar-refractivity contribution in [2.75, 3.05) is 13.1 Å². The van der Waals surface area contributed by atoms with Crippen LogP contribution in [0.4, 0.5) is 0 Å². The normalized spacial score (nSPS) is 15.8. The molecule has 0 aliphatic carbocycles. The molecule has 3 aromatic rings. The molecule has 1 fully saturated rings. The Hall–Kier alpha value is -2.96. The van der Waals surface area contributed by atoms with Gasteiger partial charge in [0.05, 0.1) is 11.0 Å². The molecule has 4 rings (SSSR count). The zero-order chi connectivity index (χ0) is 16.5. The predicted molar refractivity (Wildman–Crippen MR) is 86.7 cm³/mol. The van der Waals surface area contributed by atoms with Crippen molar-refractivity contribution in [3.63, 3.8) is 0 Å². The fraction of sp³-hybridized carbons (Fsp3) is 0.294. The molecule has 1 N–H and O–H groups in total. The Balaban J connectivity index is 1.48. The molecule has 7 heteroatoms. The number of aromatic amines is 1. The summed E-state index contributed by atoms with van der Waals surface area (Å²) in [6.07, 6.45) is 4.81. The van der Waals surface area contributed by atoms with Crippen LogP contribution < -0.4 is 5.56 Å². The maximum Gasteiger partial charge on any atom is 0.280 e. The van der Waals surface area contributed by atoms with Crippen LogP contribution in [-0.2, 0) is 0 Å². The summed E-state index contributed by atoms with van der Waals surface area (Å²) in [5.41, 5.74) is 1.89. The molecule has 0 spiro atoms. The summed E-state index contributed by atoms with van der Waals surface area (Å²) < 4.78 is 5.18. The number of hydrogen-bond donors (Lipinski definition) is 1. The number of hydrogen-bond acceptors (Lipinski definition) is 5. The van der Waals surface area contributed by atoms with Gasteiger partial charge in [0.1, 0.15) is 5.76 Å². The first kappa shape index (κ1) is 14.6. The molecule has 3 heterocycles. The highest BCUT2D eigenvalue weighted by Crippen LogP contribution is 2.27. The van der Waals surface area contributed by atoms with Gasteiger partial charge in [0, 0.05) is 43.0 Å². The molecule has 1 aliphatic rings. The van der Waals surface area contributed by atoms with Crippen LogP contribution in [-0.4, -0.2) is 39.0 Å². The minimum atomic E-state index is -0.222. The number of fused-ring (bicyclic) bond motifs is 1. The van der Waals surface area contributed by atoms with Gasteiger partial charge < -0.3 is 9.42 Å². The molecular formula is C17H16N4O3. The van der Waals surface area contributed by atoms with Crippen molar-refractivity contribution in [1.29, 1.82) is 0 Å². The molecule has 122 valence electrons. The number of aromatic nitrogens is 3. The maximum absolute atomic E-state index is 12.7. The lowest BCUT2D eigenvalue weighted by Crippen LogP contribution is -2.37. The van der Waals surface area contributed by atoms with Crippen LogP contribution in [0.2, 0.25) is 0 Å². The lowest BCUT2D eigenvalue weighted by Gasteiger charge is -2.31. The van der Waals surface area contributed by atoms with E-state index in [0.717, 1.165) is 18.4 Å². The van der Waals surface area contributed by atoms with Gasteiger partial charge in [-0.15, -0.1) is 0 Å². The molecule has 1 aromatic carbocycles. The molecule has 0 saturated carbocycles. The molecule has 1 amide bonds. The van der Waals surface area contributed by atoms with Crippen LogP contribution in [0.15, 0.2) is 46.0 Å². The van der Waals surface area contributed by atoms with E-state index in [1.165, 1.54) is 6.07 Å². The van der Waals surface area contributed by atoms with Crippen molar-refractivity contribution in [3.05, 3.63) is 58.3 Å². The summed E-state index contributed by atoms with van der Waals surface area (Å²) in [5, 5.41) is 2.32. The van der Waals surface area contributed by atoms with Crippen molar-refractivity contribution >= 4 is 16.9 Å². The van der Waals surface area contributed by atoms with Crippen LogP contribution in [0.3, 0.4) is 0 Å². The molecule has 7 nitrogen and oxygen atoms in total. The number of carbonyl (C=O) groups excluding carboxylic acids is 1. The van der Waals surface area contributed by atoms with E-state index >= 15 is 0 Å². The number of nitrogens with one attached hydrogen (secondary N) is 1. The summed E-state index contributed by atoms with van der Waals surface area (Å²) in [5.74, 6) is 0.847. The third-order valence-electron chi connectivity index (χ3n) is 4.44. The molecular weight excluding hydrogens is 308 g/mol. The Labute approximate surface area is 137 Å². The number of benzene rings is 1. The summed E-state index contributed by atoms with van der Waals surface area (Å²) in [4.78, 5) is 34.2. The molecule has 0 atom stereocenters. The fourth-order valence-electron chi connectivity index (χ4n) is 3.14. The Morgan fingerprint density at radius 1 is 1.12 bits per heavy atom. The van der Waals surface area contributed by atoms with Crippen molar-refractivity contribution in [3.8, 4) is 0 Å². The number of H-pyrrole nitrogens is 1. The van der Waals surface area contributed by atoms with Crippen molar-refractivity contribution in [2.24, 2.45) is 0 Å². The standard InChI is InChI=1S/C17H16N4O3/c22-16-10-15(24-20-16)11-3-7-21(8-4-11)17(23)12-1-2-13-14(9-12)19-6-5-18-13/h1-2,5-6,9-11H,3-4,7-8H2,(H,20,22). The van der Waals surface area contributed by atoms with Gasteiger partial charge in [0.25, 0.3) is 11.5 Å². The first-order valence-corrected chi connectivity index (χ1v) is 7.89. The summed E-state index contributed by atoms with van der Waals surface area (Å²) in [6.45, 7) is 1.27. The molecule has 24 heavy (non-hydrogen) atoms. The fourth-order valence-corrected chi connectivity index (χ4v) is 3.14. The highest BCUT2D eigenvalue weighted by molar-refractivity contribution is 5.97. The van der Waals surface area contributed by atoms with Crippen LogP contribution >= 0.6 is 0 Å². The van der Waals surface area contributed by atoms with Gasteiger partial charge in [-0.05, 0) is 31.0 Å². The van der Waals surface area contributed by atoms with Gasteiger partial charge in [0.2, 0.25) is 0 Å². The van der Waals surface area contributed by atoms with Crippen molar-refractivity contribution in [1.82, 2.24) is 20.0 Å². The first-order valence-electron chi connectivity index (χ1n) is 7.89. The highest BCUT2D eigenvalue weighted by Gasteiger charge is 2.26. The van der Waals surface area contributed by atoms with Crippen LogP contribution in [0, 0.1) is 0 Å².